The number of carbonyl (C=O) groups is 1. The van der Waals surface area contributed by atoms with Gasteiger partial charge < -0.3 is 9.47 Å². The molecule has 0 radical (unpaired) electrons. The topological polar surface area (TPSA) is 38.8 Å². The Hall–Kier alpha value is -1.71. The normalized spacial score (nSPS) is 27.6. The van der Waals surface area contributed by atoms with Crippen molar-refractivity contribution >= 4 is 5.97 Å². The fraction of sp³-hybridized carbons (Fsp3) is 0.682. The third kappa shape index (κ3) is 5.94. The van der Waals surface area contributed by atoms with Crippen molar-refractivity contribution < 1.29 is 14.3 Å². The summed E-state index contributed by atoms with van der Waals surface area (Å²) in [6.45, 7) is 5.80. The van der Waals surface area contributed by atoms with E-state index >= 15 is 0 Å². The maximum Gasteiger partial charge on any atom is 0.306 e. The minimum absolute atomic E-state index is 0.0257. The highest BCUT2D eigenvalue weighted by molar-refractivity contribution is 5.69. The average Bonchev–Trinajstić information content (AvgIpc) is 3.30. The van der Waals surface area contributed by atoms with Gasteiger partial charge in [-0.15, -0.1) is 11.8 Å². The highest BCUT2D eigenvalue weighted by Crippen LogP contribution is 2.48. The molecule has 0 aromatic heterocycles. The molecular formula is C22H30O3. The monoisotopic (exact) mass is 342 g/mol. The van der Waals surface area contributed by atoms with Gasteiger partial charge >= 0.3 is 5.97 Å². The highest BCUT2D eigenvalue weighted by atomic mass is 16.6. The Morgan fingerprint density at radius 1 is 1.28 bits per heavy atom. The Morgan fingerprint density at radius 2 is 2.12 bits per heavy atom. The van der Waals surface area contributed by atoms with Crippen LogP contribution in [0.3, 0.4) is 0 Å². The van der Waals surface area contributed by atoms with Gasteiger partial charge in [-0.25, -0.2) is 0 Å². The van der Waals surface area contributed by atoms with Crippen LogP contribution < -0.4 is 0 Å². The molecular weight excluding hydrogens is 312 g/mol. The van der Waals surface area contributed by atoms with Crippen molar-refractivity contribution in [2.75, 3.05) is 0 Å². The predicted molar refractivity (Wildman–Crippen MR) is 99.6 cm³/mol. The third-order valence-corrected chi connectivity index (χ3v) is 4.98. The molecule has 0 aromatic carbocycles. The summed E-state index contributed by atoms with van der Waals surface area (Å²) in [4.78, 5) is 12.2. The molecule has 0 aromatic rings. The van der Waals surface area contributed by atoms with E-state index in [9.17, 15) is 4.79 Å². The summed E-state index contributed by atoms with van der Waals surface area (Å²) in [7, 11) is 0. The first-order chi connectivity index (χ1) is 12.2. The van der Waals surface area contributed by atoms with Gasteiger partial charge in [0.2, 0.25) is 0 Å². The van der Waals surface area contributed by atoms with E-state index in [2.05, 4.69) is 42.8 Å². The second-order valence-electron chi connectivity index (χ2n) is 6.74. The van der Waals surface area contributed by atoms with Gasteiger partial charge in [-0.3, -0.25) is 4.79 Å². The minimum Gasteiger partial charge on any atom is -0.462 e. The number of rotatable bonds is 9. The fourth-order valence-corrected chi connectivity index (χ4v) is 3.65. The number of carbonyl (C=O) groups excluding carboxylic acids is 1. The Labute approximate surface area is 152 Å². The quantitative estimate of drug-likeness (QED) is 0.207. The smallest absolute Gasteiger partial charge is 0.306 e. The van der Waals surface area contributed by atoms with E-state index in [-0.39, 0.29) is 24.1 Å². The van der Waals surface area contributed by atoms with Crippen LogP contribution in [0.5, 0.6) is 0 Å². The van der Waals surface area contributed by atoms with Gasteiger partial charge in [-0.2, -0.15) is 0 Å². The first-order valence-corrected chi connectivity index (χ1v) is 9.53. The third-order valence-electron chi connectivity index (χ3n) is 4.98. The maximum absolute atomic E-state index is 12.2. The molecule has 3 nitrogen and oxygen atoms in total. The average molecular weight is 342 g/mol. The molecule has 2 rings (SSSR count). The van der Waals surface area contributed by atoms with Crippen molar-refractivity contribution in [2.24, 2.45) is 11.8 Å². The van der Waals surface area contributed by atoms with E-state index < -0.39 is 0 Å². The van der Waals surface area contributed by atoms with Crippen molar-refractivity contribution in [3.8, 4) is 23.7 Å². The van der Waals surface area contributed by atoms with Gasteiger partial charge in [0.25, 0.3) is 0 Å². The van der Waals surface area contributed by atoms with Gasteiger partial charge in [-0.05, 0) is 46.0 Å². The van der Waals surface area contributed by atoms with Gasteiger partial charge in [-0.1, -0.05) is 30.9 Å². The van der Waals surface area contributed by atoms with Crippen molar-refractivity contribution in [2.45, 2.75) is 84.0 Å². The first-order valence-electron chi connectivity index (χ1n) is 9.53. The predicted octanol–water partition coefficient (Wildman–Crippen LogP) is 4.27. The van der Waals surface area contributed by atoms with E-state index in [4.69, 9.17) is 9.47 Å². The van der Waals surface area contributed by atoms with Gasteiger partial charge in [0.15, 0.2) is 0 Å². The molecule has 1 aliphatic heterocycles. The zero-order valence-corrected chi connectivity index (χ0v) is 15.7. The van der Waals surface area contributed by atoms with E-state index in [1.165, 1.54) is 0 Å². The van der Waals surface area contributed by atoms with Crippen LogP contribution in [0.25, 0.3) is 0 Å². The summed E-state index contributed by atoms with van der Waals surface area (Å²) >= 11 is 0. The minimum atomic E-state index is -0.0719. The number of esters is 1. The molecule has 136 valence electrons. The molecule has 2 aliphatic rings. The van der Waals surface area contributed by atoms with E-state index in [0.29, 0.717) is 18.4 Å². The van der Waals surface area contributed by atoms with Crippen LogP contribution in [0.2, 0.25) is 0 Å². The summed E-state index contributed by atoms with van der Waals surface area (Å²) in [6.07, 6.45) is 10.8. The Morgan fingerprint density at radius 3 is 2.84 bits per heavy atom. The zero-order chi connectivity index (χ0) is 18.1. The molecule has 25 heavy (non-hydrogen) atoms. The van der Waals surface area contributed by atoms with Gasteiger partial charge in [0, 0.05) is 18.8 Å². The standard InChI is InChI=1S/C22H30O3/c1-4-7-8-9-10-11-12-13-15-21(23)24-19(6-3)18-16-20-22(25-20)17(18)14-5-2/h9-10,17-20,22H,6,8,11-13,15-16H2,1-3H3/b10-9-/t17-,18+,19-,20-,22+/m0/s1. The number of hydrogen-bond donors (Lipinski definition) is 0. The lowest BCUT2D eigenvalue weighted by molar-refractivity contribution is -0.153. The summed E-state index contributed by atoms with van der Waals surface area (Å²) in [6, 6.07) is 0. The highest BCUT2D eigenvalue weighted by Gasteiger charge is 2.57. The molecule has 0 amide bonds. The maximum atomic E-state index is 12.2. The lowest BCUT2D eigenvalue weighted by Crippen LogP contribution is -2.31. The Bertz CT molecular complexity index is 584. The molecule has 5 atom stereocenters. The lowest BCUT2D eigenvalue weighted by Gasteiger charge is -2.26. The van der Waals surface area contributed by atoms with Crippen LogP contribution in [-0.2, 0) is 14.3 Å². The van der Waals surface area contributed by atoms with Crippen LogP contribution >= 0.6 is 0 Å². The molecule has 0 spiro atoms. The molecule has 0 unspecified atom stereocenters. The summed E-state index contributed by atoms with van der Waals surface area (Å²) in [5.41, 5.74) is 0. The number of allylic oxidation sites excluding steroid dienone is 2. The van der Waals surface area contributed by atoms with Gasteiger partial charge in [0.05, 0.1) is 18.1 Å². The fourth-order valence-electron chi connectivity index (χ4n) is 3.65. The van der Waals surface area contributed by atoms with Gasteiger partial charge in [0.1, 0.15) is 6.10 Å². The van der Waals surface area contributed by atoms with Crippen LogP contribution in [0, 0.1) is 35.5 Å². The van der Waals surface area contributed by atoms with Crippen molar-refractivity contribution in [3.63, 3.8) is 0 Å². The molecule has 1 saturated carbocycles. The van der Waals surface area contributed by atoms with E-state index in [1.54, 1.807) is 0 Å². The largest absolute Gasteiger partial charge is 0.462 e. The molecule has 3 heteroatoms. The Kier molecular flexibility index (Phi) is 8.10. The zero-order valence-electron chi connectivity index (χ0n) is 15.7. The number of fused-ring (bicyclic) bond motifs is 1. The van der Waals surface area contributed by atoms with E-state index in [1.807, 2.05) is 13.8 Å². The number of unbranched alkanes of at least 4 members (excludes halogenated alkanes) is 2. The molecule has 1 heterocycles. The van der Waals surface area contributed by atoms with Crippen LogP contribution in [-0.4, -0.2) is 24.3 Å². The van der Waals surface area contributed by atoms with Crippen LogP contribution in [0.1, 0.15) is 65.7 Å². The number of epoxide rings is 1. The van der Waals surface area contributed by atoms with Crippen molar-refractivity contribution in [1.29, 1.82) is 0 Å². The second kappa shape index (κ2) is 10.3. The molecule has 0 bridgehead atoms. The Balaban J connectivity index is 1.68. The van der Waals surface area contributed by atoms with Crippen LogP contribution in [0.4, 0.5) is 0 Å². The van der Waals surface area contributed by atoms with Crippen LogP contribution in [0.15, 0.2) is 12.2 Å². The summed E-state index contributed by atoms with van der Waals surface area (Å²) in [5, 5.41) is 0. The summed E-state index contributed by atoms with van der Waals surface area (Å²) < 4.78 is 11.4. The SMILES string of the molecule is CC#CC/C=C\CCCCC(=O)O[C@@H](CC)[C@@H]1C[C@@H]2O[C@@H]2[C@H]1C#CC. The molecule has 0 N–H and O–H groups in total. The second-order valence-corrected chi connectivity index (χ2v) is 6.74. The molecule has 1 saturated heterocycles. The molecule has 1 aliphatic carbocycles. The first kappa shape index (κ1) is 19.6. The number of ether oxygens (including phenoxy) is 2. The number of hydrogen-bond acceptors (Lipinski definition) is 3. The van der Waals surface area contributed by atoms with Crippen molar-refractivity contribution in [1.82, 2.24) is 0 Å². The summed E-state index contributed by atoms with van der Waals surface area (Å²) in [5.74, 6) is 12.6. The van der Waals surface area contributed by atoms with Crippen molar-refractivity contribution in [3.05, 3.63) is 12.2 Å². The lowest BCUT2D eigenvalue weighted by atomic mass is 9.88. The van der Waals surface area contributed by atoms with E-state index in [0.717, 1.165) is 38.5 Å². The molecule has 2 fully saturated rings.